The van der Waals surface area contributed by atoms with E-state index >= 15 is 0 Å². The fraction of sp³-hybridized carbons (Fsp3) is 0.429. The van der Waals surface area contributed by atoms with E-state index in [2.05, 4.69) is 35.8 Å². The van der Waals surface area contributed by atoms with Gasteiger partial charge in [-0.2, -0.15) is 0 Å². The first-order chi connectivity index (χ1) is 10.3. The van der Waals surface area contributed by atoms with Crippen molar-refractivity contribution in [2.75, 3.05) is 42.2 Å². The summed E-state index contributed by atoms with van der Waals surface area (Å²) in [7, 11) is 0. The van der Waals surface area contributed by atoms with Crippen LogP contribution in [0.5, 0.6) is 0 Å². The molecule has 3 rings (SSSR count). The Morgan fingerprint density at radius 3 is 2.33 bits per heavy atom. The number of nitrogens with zero attached hydrogens (tertiary/aromatic N) is 6. The van der Waals surface area contributed by atoms with E-state index in [1.165, 1.54) is 0 Å². The van der Waals surface area contributed by atoms with Crippen LogP contribution in [-0.2, 0) is 0 Å². The number of rotatable bonds is 3. The molecule has 0 amide bonds. The highest BCUT2D eigenvalue weighted by molar-refractivity contribution is 7.98. The molecule has 0 aromatic carbocycles. The summed E-state index contributed by atoms with van der Waals surface area (Å²) in [5.74, 6) is 1.96. The molecule has 110 valence electrons. The van der Waals surface area contributed by atoms with Gasteiger partial charge in [0.1, 0.15) is 11.6 Å². The van der Waals surface area contributed by atoms with Crippen molar-refractivity contribution in [1.82, 2.24) is 19.9 Å². The molecule has 0 saturated carbocycles. The smallest absolute Gasteiger partial charge is 0.189 e. The predicted octanol–water partition coefficient (Wildman–Crippen LogP) is 1.62. The molecule has 0 atom stereocenters. The first-order valence-electron chi connectivity index (χ1n) is 6.92. The molecule has 0 N–H and O–H groups in total. The topological polar surface area (TPSA) is 58.0 Å². The zero-order valence-electron chi connectivity index (χ0n) is 12.2. The molecule has 3 heterocycles. The van der Waals surface area contributed by atoms with Crippen molar-refractivity contribution in [3.05, 3.63) is 30.4 Å². The molecule has 2 aromatic rings. The Morgan fingerprint density at radius 1 is 1.00 bits per heavy atom. The van der Waals surface area contributed by atoms with Gasteiger partial charge in [-0.3, -0.25) is 4.98 Å². The lowest BCUT2D eigenvalue weighted by Crippen LogP contribution is -2.47. The van der Waals surface area contributed by atoms with Crippen molar-refractivity contribution in [2.24, 2.45) is 0 Å². The summed E-state index contributed by atoms with van der Waals surface area (Å²) in [4.78, 5) is 22.1. The SMILES string of the molecule is CSc1nc(C)cc(N2CCN(c3cnccn3)CC2)n1. The van der Waals surface area contributed by atoms with Gasteiger partial charge in [0.2, 0.25) is 0 Å². The minimum atomic E-state index is 0.835. The third kappa shape index (κ3) is 3.24. The van der Waals surface area contributed by atoms with Gasteiger partial charge < -0.3 is 9.80 Å². The van der Waals surface area contributed by atoms with E-state index < -0.39 is 0 Å². The maximum atomic E-state index is 4.60. The van der Waals surface area contributed by atoms with Crippen molar-refractivity contribution >= 4 is 23.4 Å². The van der Waals surface area contributed by atoms with Gasteiger partial charge in [0.25, 0.3) is 0 Å². The number of aryl methyl sites for hydroxylation is 1. The van der Waals surface area contributed by atoms with Crippen LogP contribution in [0.3, 0.4) is 0 Å². The molecule has 0 bridgehead atoms. The molecule has 7 heteroatoms. The molecule has 1 fully saturated rings. The van der Waals surface area contributed by atoms with Crippen molar-refractivity contribution in [1.29, 1.82) is 0 Å². The average Bonchev–Trinajstić information content (AvgIpc) is 2.55. The lowest BCUT2D eigenvalue weighted by atomic mass is 10.3. The maximum absolute atomic E-state index is 4.60. The summed E-state index contributed by atoms with van der Waals surface area (Å²) in [5.41, 5.74) is 1.01. The monoisotopic (exact) mass is 302 g/mol. The summed E-state index contributed by atoms with van der Waals surface area (Å²) in [6.45, 7) is 5.73. The third-order valence-corrected chi connectivity index (χ3v) is 4.03. The molecule has 21 heavy (non-hydrogen) atoms. The second-order valence-corrected chi connectivity index (χ2v) is 5.67. The molecule has 2 aromatic heterocycles. The standard InChI is InChI=1S/C14H18N6S/c1-11-9-12(18-14(17-11)21-2)19-5-7-20(8-6-19)13-10-15-3-4-16-13/h3-4,9-10H,5-8H2,1-2H3. The van der Waals surface area contributed by atoms with Crippen LogP contribution in [0.2, 0.25) is 0 Å². The molecular formula is C14H18N6S. The Kier molecular flexibility index (Phi) is 4.19. The molecule has 0 spiro atoms. The maximum Gasteiger partial charge on any atom is 0.189 e. The lowest BCUT2D eigenvalue weighted by Gasteiger charge is -2.35. The van der Waals surface area contributed by atoms with E-state index in [0.717, 1.165) is 48.7 Å². The Morgan fingerprint density at radius 2 is 1.71 bits per heavy atom. The zero-order valence-corrected chi connectivity index (χ0v) is 13.0. The summed E-state index contributed by atoms with van der Waals surface area (Å²) >= 11 is 1.58. The van der Waals surface area contributed by atoms with Gasteiger partial charge in [0.15, 0.2) is 5.16 Å². The van der Waals surface area contributed by atoms with Gasteiger partial charge in [-0.05, 0) is 13.2 Å². The van der Waals surface area contributed by atoms with Gasteiger partial charge in [0, 0.05) is 50.3 Å². The Bertz CT molecular complexity index is 598. The van der Waals surface area contributed by atoms with Crippen LogP contribution >= 0.6 is 11.8 Å². The highest BCUT2D eigenvalue weighted by atomic mass is 32.2. The van der Waals surface area contributed by atoms with E-state index in [1.807, 2.05) is 19.4 Å². The number of piperazine rings is 1. The molecule has 0 radical (unpaired) electrons. The van der Waals surface area contributed by atoms with Gasteiger partial charge in [0.05, 0.1) is 6.20 Å². The van der Waals surface area contributed by atoms with Crippen LogP contribution < -0.4 is 9.80 Å². The number of hydrogen-bond acceptors (Lipinski definition) is 7. The molecule has 1 saturated heterocycles. The predicted molar refractivity (Wildman–Crippen MR) is 85.0 cm³/mol. The van der Waals surface area contributed by atoms with Crippen LogP contribution in [0, 0.1) is 6.92 Å². The van der Waals surface area contributed by atoms with Crippen LogP contribution in [-0.4, -0.2) is 52.4 Å². The van der Waals surface area contributed by atoms with Crippen LogP contribution in [0.4, 0.5) is 11.6 Å². The molecule has 0 aliphatic carbocycles. The van der Waals surface area contributed by atoms with Gasteiger partial charge in [-0.15, -0.1) is 0 Å². The Labute approximate surface area is 128 Å². The summed E-state index contributed by atoms with van der Waals surface area (Å²) in [6, 6.07) is 2.05. The fourth-order valence-electron chi connectivity index (χ4n) is 2.40. The van der Waals surface area contributed by atoms with Crippen LogP contribution in [0.25, 0.3) is 0 Å². The van der Waals surface area contributed by atoms with E-state index in [1.54, 1.807) is 24.2 Å². The van der Waals surface area contributed by atoms with Crippen molar-refractivity contribution < 1.29 is 0 Å². The van der Waals surface area contributed by atoms with E-state index in [9.17, 15) is 0 Å². The largest absolute Gasteiger partial charge is 0.353 e. The van der Waals surface area contributed by atoms with Crippen LogP contribution in [0.15, 0.2) is 29.8 Å². The fourth-order valence-corrected chi connectivity index (χ4v) is 2.82. The molecule has 0 unspecified atom stereocenters. The normalized spacial score (nSPS) is 15.3. The summed E-state index contributed by atoms with van der Waals surface area (Å²) in [5, 5.41) is 0.835. The van der Waals surface area contributed by atoms with Crippen molar-refractivity contribution in [3.8, 4) is 0 Å². The first kappa shape index (κ1) is 14.1. The van der Waals surface area contributed by atoms with Gasteiger partial charge in [-0.1, -0.05) is 11.8 Å². The zero-order chi connectivity index (χ0) is 14.7. The van der Waals surface area contributed by atoms with Gasteiger partial charge >= 0.3 is 0 Å². The number of anilines is 2. The average molecular weight is 302 g/mol. The van der Waals surface area contributed by atoms with Crippen molar-refractivity contribution in [3.63, 3.8) is 0 Å². The van der Waals surface area contributed by atoms with Crippen LogP contribution in [0.1, 0.15) is 5.69 Å². The summed E-state index contributed by atoms with van der Waals surface area (Å²) in [6.07, 6.45) is 7.26. The second kappa shape index (κ2) is 6.26. The minimum Gasteiger partial charge on any atom is -0.353 e. The molecular weight excluding hydrogens is 284 g/mol. The van der Waals surface area contributed by atoms with E-state index in [-0.39, 0.29) is 0 Å². The number of aromatic nitrogens is 4. The molecule has 1 aliphatic heterocycles. The second-order valence-electron chi connectivity index (χ2n) is 4.89. The van der Waals surface area contributed by atoms with E-state index in [4.69, 9.17) is 0 Å². The summed E-state index contributed by atoms with van der Waals surface area (Å²) < 4.78 is 0. The van der Waals surface area contributed by atoms with Gasteiger partial charge in [-0.25, -0.2) is 15.0 Å². The highest BCUT2D eigenvalue weighted by Crippen LogP contribution is 2.20. The molecule has 6 nitrogen and oxygen atoms in total. The van der Waals surface area contributed by atoms with Crippen molar-refractivity contribution in [2.45, 2.75) is 12.1 Å². The third-order valence-electron chi connectivity index (χ3n) is 3.48. The Balaban J connectivity index is 1.70. The first-order valence-corrected chi connectivity index (χ1v) is 8.14. The highest BCUT2D eigenvalue weighted by Gasteiger charge is 2.19. The number of thioether (sulfide) groups is 1. The quantitative estimate of drug-likeness (QED) is 0.631. The minimum absolute atomic E-state index is 0.835. The molecule has 1 aliphatic rings. The number of hydrogen-bond donors (Lipinski definition) is 0. The van der Waals surface area contributed by atoms with E-state index in [0.29, 0.717) is 0 Å². The lowest BCUT2D eigenvalue weighted by molar-refractivity contribution is 0.636. The Hall–Kier alpha value is -1.89.